The molecule has 0 saturated heterocycles. The first kappa shape index (κ1) is 21.0. The maximum Gasteiger partial charge on any atom is 0.318 e. The van der Waals surface area contributed by atoms with Crippen LogP contribution in [0.15, 0.2) is 36.7 Å². The predicted octanol–water partition coefficient (Wildman–Crippen LogP) is 3.18. The second-order valence-electron chi connectivity index (χ2n) is 6.16. The Morgan fingerprint density at radius 1 is 1.22 bits per heavy atom. The minimum atomic E-state index is -0.859. The molecule has 2 aromatic rings. The molecule has 0 aliphatic carbocycles. The molecular formula is C20H26ClN3O3. The molecule has 1 heterocycles. The minimum Gasteiger partial charge on any atom is -0.465 e. The lowest BCUT2D eigenvalue weighted by atomic mass is 10.00. The Kier molecular flexibility index (Phi) is 7.85. The Morgan fingerprint density at radius 2 is 1.93 bits per heavy atom. The van der Waals surface area contributed by atoms with E-state index in [1.54, 1.807) is 22.7 Å². The smallest absolute Gasteiger partial charge is 0.318 e. The topological polar surface area (TPSA) is 64.4 Å². The van der Waals surface area contributed by atoms with Gasteiger partial charge in [-0.2, -0.15) is 5.10 Å². The van der Waals surface area contributed by atoms with E-state index in [9.17, 15) is 9.59 Å². The normalized spacial score (nSPS) is 11.9. The third kappa shape index (κ3) is 5.57. The van der Waals surface area contributed by atoms with Crippen LogP contribution in [0.25, 0.3) is 0 Å². The van der Waals surface area contributed by atoms with E-state index in [0.29, 0.717) is 24.7 Å². The lowest BCUT2D eigenvalue weighted by molar-refractivity contribution is -0.155. The zero-order chi connectivity index (χ0) is 19.8. The molecule has 1 atom stereocenters. The first-order valence-corrected chi connectivity index (χ1v) is 9.58. The van der Waals surface area contributed by atoms with Crippen molar-refractivity contribution in [1.82, 2.24) is 14.7 Å². The minimum absolute atomic E-state index is 0.211. The van der Waals surface area contributed by atoms with Gasteiger partial charge in [-0.15, -0.1) is 0 Å². The van der Waals surface area contributed by atoms with Gasteiger partial charge in [0.15, 0.2) is 0 Å². The van der Waals surface area contributed by atoms with Crippen molar-refractivity contribution >= 4 is 23.5 Å². The molecule has 0 saturated carbocycles. The fraction of sp³-hybridized carbons (Fsp3) is 0.450. The summed E-state index contributed by atoms with van der Waals surface area (Å²) in [5.74, 6) is -1.56. The van der Waals surface area contributed by atoms with Gasteiger partial charge in [0, 0.05) is 24.3 Å². The first-order valence-electron chi connectivity index (χ1n) is 9.20. The summed E-state index contributed by atoms with van der Waals surface area (Å²) in [4.78, 5) is 26.8. The number of amides is 1. The average molecular weight is 392 g/mol. The third-order valence-corrected chi connectivity index (χ3v) is 4.73. The second-order valence-corrected chi connectivity index (χ2v) is 6.56. The van der Waals surface area contributed by atoms with Crippen molar-refractivity contribution in [3.05, 3.63) is 52.8 Å². The molecule has 0 fully saturated rings. The van der Waals surface area contributed by atoms with Crippen LogP contribution in [0.1, 0.15) is 31.9 Å². The maximum atomic E-state index is 12.7. The molecule has 1 aromatic heterocycles. The van der Waals surface area contributed by atoms with Crippen LogP contribution < -0.4 is 0 Å². The summed E-state index contributed by atoms with van der Waals surface area (Å²) in [5, 5.41) is 5.01. The van der Waals surface area contributed by atoms with Gasteiger partial charge in [0.25, 0.3) is 0 Å². The van der Waals surface area contributed by atoms with Crippen molar-refractivity contribution in [1.29, 1.82) is 0 Å². The Hall–Kier alpha value is -2.34. The van der Waals surface area contributed by atoms with Crippen LogP contribution >= 0.6 is 11.6 Å². The molecular weight excluding hydrogens is 366 g/mol. The van der Waals surface area contributed by atoms with Crippen LogP contribution in [0.2, 0.25) is 5.02 Å². The van der Waals surface area contributed by atoms with E-state index in [-0.39, 0.29) is 18.9 Å². The summed E-state index contributed by atoms with van der Waals surface area (Å²) in [6.07, 6.45) is 3.78. The highest BCUT2D eigenvalue weighted by Crippen LogP contribution is 2.18. The molecule has 0 spiro atoms. The number of benzene rings is 1. The van der Waals surface area contributed by atoms with Gasteiger partial charge in [-0.25, -0.2) is 0 Å². The number of hydrogen-bond acceptors (Lipinski definition) is 4. The van der Waals surface area contributed by atoms with Gasteiger partial charge in [0.05, 0.1) is 19.3 Å². The quantitative estimate of drug-likeness (QED) is 0.486. The van der Waals surface area contributed by atoms with Crippen LogP contribution in [0, 0.1) is 5.92 Å². The van der Waals surface area contributed by atoms with Crippen molar-refractivity contribution in [2.45, 2.75) is 33.7 Å². The van der Waals surface area contributed by atoms with Crippen molar-refractivity contribution in [2.75, 3.05) is 19.7 Å². The third-order valence-electron chi connectivity index (χ3n) is 4.36. The number of esters is 1. The highest BCUT2D eigenvalue weighted by atomic mass is 35.5. The largest absolute Gasteiger partial charge is 0.465 e. The fourth-order valence-electron chi connectivity index (χ4n) is 2.91. The number of carbonyl (C=O) groups is 2. The number of carbonyl (C=O) groups excluding carboxylic acids is 2. The van der Waals surface area contributed by atoms with E-state index in [1.165, 1.54) is 0 Å². The van der Waals surface area contributed by atoms with E-state index in [0.717, 1.165) is 11.1 Å². The Bertz CT molecular complexity index is 771. The van der Waals surface area contributed by atoms with Crippen molar-refractivity contribution in [3.63, 3.8) is 0 Å². The average Bonchev–Trinajstić information content (AvgIpc) is 3.10. The van der Waals surface area contributed by atoms with Crippen LogP contribution in [0.3, 0.4) is 0 Å². The van der Waals surface area contributed by atoms with Crippen LogP contribution in [-0.4, -0.2) is 46.3 Å². The molecule has 27 heavy (non-hydrogen) atoms. The number of aromatic nitrogens is 2. The standard InChI is InChI=1S/C20H26ClN3O3/c1-4-23(5-2)19(25)17(20(26)27-6-3)11-15-12-22-24(13-15)14-16-9-7-8-10-18(16)21/h7-10,12-13,17H,4-6,11,14H2,1-3H3. The summed E-state index contributed by atoms with van der Waals surface area (Å²) >= 11 is 6.20. The molecule has 146 valence electrons. The molecule has 0 radical (unpaired) electrons. The molecule has 1 aromatic carbocycles. The number of ether oxygens (including phenoxy) is 1. The molecule has 1 unspecified atom stereocenters. The zero-order valence-electron chi connectivity index (χ0n) is 16.0. The van der Waals surface area contributed by atoms with Crippen molar-refractivity contribution in [2.24, 2.45) is 5.92 Å². The SMILES string of the molecule is CCOC(=O)C(Cc1cnn(Cc2ccccc2Cl)c1)C(=O)N(CC)CC. The maximum absolute atomic E-state index is 12.7. The number of nitrogens with zero attached hydrogens (tertiary/aromatic N) is 3. The summed E-state index contributed by atoms with van der Waals surface area (Å²) in [5.41, 5.74) is 1.76. The second kappa shape index (κ2) is 10.1. The van der Waals surface area contributed by atoms with Crippen LogP contribution in [0.4, 0.5) is 0 Å². The highest BCUT2D eigenvalue weighted by molar-refractivity contribution is 6.31. The van der Waals surface area contributed by atoms with Gasteiger partial charge in [0.2, 0.25) is 5.91 Å². The van der Waals surface area contributed by atoms with Crippen molar-refractivity contribution < 1.29 is 14.3 Å². The van der Waals surface area contributed by atoms with E-state index in [1.807, 2.05) is 44.3 Å². The molecule has 6 nitrogen and oxygen atoms in total. The van der Waals surface area contributed by atoms with E-state index in [2.05, 4.69) is 5.10 Å². The molecule has 2 rings (SSSR count). The van der Waals surface area contributed by atoms with Gasteiger partial charge in [-0.05, 0) is 44.4 Å². The fourth-order valence-corrected chi connectivity index (χ4v) is 3.10. The van der Waals surface area contributed by atoms with Gasteiger partial charge >= 0.3 is 5.97 Å². The molecule has 0 aliphatic rings. The summed E-state index contributed by atoms with van der Waals surface area (Å²) in [6, 6.07) is 7.57. The zero-order valence-corrected chi connectivity index (χ0v) is 16.8. The molecule has 0 N–H and O–H groups in total. The Morgan fingerprint density at radius 3 is 2.56 bits per heavy atom. The molecule has 0 aliphatic heterocycles. The number of hydrogen-bond donors (Lipinski definition) is 0. The highest BCUT2D eigenvalue weighted by Gasteiger charge is 2.31. The Balaban J connectivity index is 2.15. The molecule has 7 heteroatoms. The molecule has 0 bridgehead atoms. The molecule has 1 amide bonds. The van der Waals surface area contributed by atoms with Gasteiger partial charge < -0.3 is 9.64 Å². The van der Waals surface area contributed by atoms with Gasteiger partial charge in [-0.1, -0.05) is 29.8 Å². The van der Waals surface area contributed by atoms with Crippen LogP contribution in [0.5, 0.6) is 0 Å². The lowest BCUT2D eigenvalue weighted by Gasteiger charge is -2.23. The number of halogens is 1. The van der Waals surface area contributed by atoms with E-state index < -0.39 is 11.9 Å². The summed E-state index contributed by atoms with van der Waals surface area (Å²) < 4.78 is 6.87. The van der Waals surface area contributed by atoms with Crippen molar-refractivity contribution in [3.8, 4) is 0 Å². The first-order chi connectivity index (χ1) is 13.0. The number of rotatable bonds is 9. The summed E-state index contributed by atoms with van der Waals surface area (Å²) in [6.45, 7) is 7.39. The van der Waals surface area contributed by atoms with E-state index in [4.69, 9.17) is 16.3 Å². The van der Waals surface area contributed by atoms with Gasteiger partial charge in [0.1, 0.15) is 5.92 Å². The summed E-state index contributed by atoms with van der Waals surface area (Å²) in [7, 11) is 0. The monoisotopic (exact) mass is 391 g/mol. The predicted molar refractivity (Wildman–Crippen MR) is 105 cm³/mol. The Labute approximate surface area is 165 Å². The lowest BCUT2D eigenvalue weighted by Crippen LogP contribution is -2.41. The van der Waals surface area contributed by atoms with Crippen LogP contribution in [-0.2, 0) is 27.3 Å². The van der Waals surface area contributed by atoms with E-state index >= 15 is 0 Å². The van der Waals surface area contributed by atoms with Gasteiger partial charge in [-0.3, -0.25) is 14.3 Å².